The number of hydrogen-bond donors (Lipinski definition) is 0. The average Bonchev–Trinajstić information content (AvgIpc) is 3.87. The molecule has 0 aliphatic heterocycles. The summed E-state index contributed by atoms with van der Waals surface area (Å²) in [5.41, 5.74) is 3.39. The van der Waals surface area contributed by atoms with Gasteiger partial charge in [-0.15, -0.1) is 17.2 Å². The molecule has 0 amide bonds. The maximum Gasteiger partial charge on any atom is 3.00 e. The Bertz CT molecular complexity index is 1720. The van der Waals surface area contributed by atoms with E-state index in [1.807, 2.05) is 57.2 Å². The van der Waals surface area contributed by atoms with Crippen molar-refractivity contribution in [2.24, 2.45) is 0 Å². The number of nitrogens with zero attached hydrogens (tertiary/aromatic N) is 8. The van der Waals surface area contributed by atoms with Gasteiger partial charge in [0.1, 0.15) is 0 Å². The van der Waals surface area contributed by atoms with Crippen molar-refractivity contribution in [1.82, 2.24) is 29.3 Å². The second-order valence-corrected chi connectivity index (χ2v) is 16.1. The van der Waals surface area contributed by atoms with E-state index in [1.54, 1.807) is 36.4 Å². The molecule has 0 aliphatic carbocycles. The molecule has 0 saturated heterocycles. The van der Waals surface area contributed by atoms with Crippen LogP contribution in [0.25, 0.3) is 0 Å². The zero-order valence-corrected chi connectivity index (χ0v) is 45.0. The quantitative estimate of drug-likeness (QED) is 0.146. The molecule has 348 valence electrons. The molecule has 0 N–H and O–H groups in total. The summed E-state index contributed by atoms with van der Waals surface area (Å²) in [7, 11) is 12.1. The summed E-state index contributed by atoms with van der Waals surface area (Å²) in [5, 5.41) is 40.7. The van der Waals surface area contributed by atoms with E-state index in [4.69, 9.17) is 0 Å². The summed E-state index contributed by atoms with van der Waals surface area (Å²) < 4.78 is 41.0. The van der Waals surface area contributed by atoms with Gasteiger partial charge in [-0.1, -0.05) is 89.5 Å². The fourth-order valence-electron chi connectivity index (χ4n) is 3.60. The smallest absolute Gasteiger partial charge is 2.00 e. The van der Waals surface area contributed by atoms with Gasteiger partial charge in [-0.3, -0.25) is 0 Å². The summed E-state index contributed by atoms with van der Waals surface area (Å²) in [6.07, 6.45) is 8.18. The van der Waals surface area contributed by atoms with E-state index in [0.29, 0.717) is 0 Å². The van der Waals surface area contributed by atoms with Crippen LogP contribution in [-0.4, -0.2) is 108 Å². The zero-order chi connectivity index (χ0) is 41.2. The van der Waals surface area contributed by atoms with E-state index in [0.717, 1.165) is 39.7 Å². The SMILES string of the molecule is C[N+](C)(C)C.C[N+](C)(C)C.Cc1ccc([O-])cc1.Cc1ccc([O-])cc1.Cc1ccc([O-])cc1.O=S(=O)([O-])C(n1cccn1)(n1cccn1)n1cccn1.[Fe+2].[Fe+2].[Fe+3].[S-2].[S-2].[S-2].[S-2].[V]. The van der Waals surface area contributed by atoms with Crippen molar-refractivity contribution < 1.29 is 107 Å². The predicted octanol–water partition coefficient (Wildman–Crippen LogP) is 3.32. The predicted molar refractivity (Wildman–Crippen MR) is 234 cm³/mol. The normalized spacial score (nSPS) is 9.55. The zero-order valence-electron chi connectivity index (χ0n) is 36.2. The molecule has 3 aromatic carbocycles. The maximum absolute atomic E-state index is 12.0. The third kappa shape index (κ3) is 32.7. The fourth-order valence-corrected chi connectivity index (χ4v) is 4.61. The second kappa shape index (κ2) is 37.3. The third-order valence-electron chi connectivity index (χ3n) is 5.81. The molecule has 6 aromatic rings. The van der Waals surface area contributed by atoms with Gasteiger partial charge in [0, 0.05) is 55.7 Å². The van der Waals surface area contributed by atoms with Gasteiger partial charge in [-0.2, -0.15) is 15.3 Å². The van der Waals surface area contributed by atoms with E-state index in [2.05, 4.69) is 71.7 Å². The Hall–Kier alpha value is -1.94. The Kier molecular flexibility index (Phi) is 46.5. The number of aromatic nitrogens is 6. The Morgan fingerprint density at radius 2 is 0.661 bits per heavy atom. The van der Waals surface area contributed by atoms with Crippen LogP contribution in [0, 0.1) is 20.8 Å². The summed E-state index contributed by atoms with van der Waals surface area (Å²) in [6.45, 7) is 5.87. The molecule has 0 unspecified atom stereocenters. The monoisotopic (exact) mass is 1110 g/mol. The van der Waals surface area contributed by atoms with Gasteiger partial charge < -0.3 is 82.8 Å². The maximum atomic E-state index is 12.0. The molecular formula is C39H54Fe3N8O6S5V-3. The van der Waals surface area contributed by atoms with E-state index in [1.165, 1.54) is 55.4 Å². The van der Waals surface area contributed by atoms with Crippen LogP contribution in [0.15, 0.2) is 128 Å². The van der Waals surface area contributed by atoms with Gasteiger partial charge in [0.25, 0.3) is 0 Å². The molecule has 14 nitrogen and oxygen atoms in total. The topological polar surface area (TPSA) is 180 Å². The van der Waals surface area contributed by atoms with Gasteiger partial charge in [0.15, 0.2) is 10.1 Å². The summed E-state index contributed by atoms with van der Waals surface area (Å²) in [4.78, 5) is 0. The summed E-state index contributed by atoms with van der Waals surface area (Å²) in [5.74, 6) is 0.238. The van der Waals surface area contributed by atoms with Crippen LogP contribution in [0.4, 0.5) is 0 Å². The molecule has 0 atom stereocenters. The minimum absolute atomic E-state index is 0. The number of hydrogen-bond acceptors (Lipinski definition) is 9. The fraction of sp³-hybridized carbons (Fsp3) is 0.308. The van der Waals surface area contributed by atoms with Crippen LogP contribution in [0.1, 0.15) is 16.7 Å². The minimum Gasteiger partial charge on any atom is -2.00 e. The van der Waals surface area contributed by atoms with Gasteiger partial charge in [-0.25, -0.2) is 22.5 Å². The Labute approximate surface area is 440 Å². The molecule has 0 bridgehead atoms. The molecule has 3 heterocycles. The largest absolute Gasteiger partial charge is 3.00 e. The first kappa shape index (κ1) is 77.3. The molecule has 23 heteroatoms. The van der Waals surface area contributed by atoms with Crippen molar-refractivity contribution in [2.45, 2.75) is 25.9 Å². The molecule has 0 aliphatic rings. The molecule has 62 heavy (non-hydrogen) atoms. The average molecular weight is 1110 g/mol. The van der Waals surface area contributed by atoms with Crippen LogP contribution in [-0.2, 0) is 139 Å². The van der Waals surface area contributed by atoms with Gasteiger partial charge in [0.2, 0.25) is 0 Å². The van der Waals surface area contributed by atoms with E-state index < -0.39 is 15.2 Å². The number of rotatable bonds is 4. The Balaban J connectivity index is -0.0000000998. The summed E-state index contributed by atoms with van der Waals surface area (Å²) >= 11 is 0. The Morgan fingerprint density at radius 3 is 0.774 bits per heavy atom. The third-order valence-corrected chi connectivity index (χ3v) is 7.04. The van der Waals surface area contributed by atoms with Crippen LogP contribution in [0.5, 0.6) is 17.2 Å². The van der Waals surface area contributed by atoms with Crippen molar-refractivity contribution in [3.8, 4) is 17.2 Å². The van der Waals surface area contributed by atoms with E-state index >= 15 is 0 Å². The van der Waals surface area contributed by atoms with Crippen molar-refractivity contribution in [1.29, 1.82) is 0 Å². The van der Waals surface area contributed by atoms with Crippen molar-refractivity contribution in [2.75, 3.05) is 56.4 Å². The molecule has 0 fully saturated rings. The van der Waals surface area contributed by atoms with Crippen molar-refractivity contribution in [3.63, 3.8) is 0 Å². The van der Waals surface area contributed by atoms with Crippen LogP contribution in [0.3, 0.4) is 0 Å². The summed E-state index contributed by atoms with van der Waals surface area (Å²) in [6, 6.07) is 24.8. The molecule has 0 spiro atoms. The van der Waals surface area contributed by atoms with Crippen LogP contribution < -0.4 is 15.3 Å². The molecule has 6 rings (SSSR count). The Morgan fingerprint density at radius 1 is 0.484 bits per heavy atom. The molecule has 2 radical (unpaired) electrons. The van der Waals surface area contributed by atoms with Crippen molar-refractivity contribution in [3.05, 3.63) is 145 Å². The number of quaternary nitrogens is 2. The minimum atomic E-state index is -4.94. The molecule has 3 aromatic heterocycles. The molecule has 0 saturated carbocycles. The standard InChI is InChI=1S/C10H10N6O3S.3C7H8O.2C4H12N.3Fe.4S.V/c17-20(18,19)10(14-7-1-4-11-14,15-8-2-5-12-15)16-9-3-6-13-16;3*1-6-2-4-7(8)5-3-6;2*1-5(2,3)4;;;;;;;;/h1-9H,(H,17,18,19);3*2-5,8H,1H3;2*1-4H3;;;;;;;;/q;;;;2*+1;2*+2;+3;4*-2;/p-4. The first-order chi connectivity index (χ1) is 24.9. The van der Waals surface area contributed by atoms with Gasteiger partial charge in [0.05, 0.1) is 56.4 Å². The number of aryl methyl sites for hydroxylation is 3. The van der Waals surface area contributed by atoms with Crippen LogP contribution in [0.2, 0.25) is 0 Å². The van der Waals surface area contributed by atoms with Crippen LogP contribution >= 0.6 is 0 Å². The van der Waals surface area contributed by atoms with Crippen molar-refractivity contribution >= 4 is 64.1 Å². The first-order valence-electron chi connectivity index (χ1n) is 16.7. The van der Waals surface area contributed by atoms with E-state index in [-0.39, 0.29) is 141 Å². The second-order valence-electron chi connectivity index (χ2n) is 14.7. The van der Waals surface area contributed by atoms with Gasteiger partial charge >= 0.3 is 56.3 Å². The van der Waals surface area contributed by atoms with Gasteiger partial charge in [-0.05, 0) is 39.0 Å². The van der Waals surface area contributed by atoms with E-state index in [9.17, 15) is 28.3 Å². The molecular weight excluding hydrogens is 1060 g/mol. The first-order valence-corrected chi connectivity index (χ1v) is 18.1. The number of benzene rings is 3.